The van der Waals surface area contributed by atoms with Gasteiger partial charge in [0.25, 0.3) is 17.7 Å². The van der Waals surface area contributed by atoms with Crippen molar-refractivity contribution in [3.05, 3.63) is 106 Å². The zero-order valence-corrected chi connectivity index (χ0v) is 27.8. The van der Waals surface area contributed by atoms with Crippen LogP contribution in [0.1, 0.15) is 80.1 Å². The molecule has 4 atom stereocenters. The Hall–Kier alpha value is -4.72. The molecule has 3 aromatic carbocycles. The third kappa shape index (κ3) is 11.2. The van der Waals surface area contributed by atoms with Gasteiger partial charge in [0.15, 0.2) is 0 Å². The third-order valence-corrected chi connectivity index (χ3v) is 7.86. The van der Waals surface area contributed by atoms with Crippen molar-refractivity contribution < 1.29 is 42.9 Å². The van der Waals surface area contributed by atoms with Gasteiger partial charge in [0.2, 0.25) is 5.91 Å². The number of primary amides is 1. The first kappa shape index (κ1) is 38.7. The fraction of sp³-hybridized carbons (Fsp3) is 0.389. The number of rotatable bonds is 18. The lowest BCUT2D eigenvalue weighted by molar-refractivity contribution is -0.0269. The normalized spacial score (nSPS) is 13.5. The van der Waals surface area contributed by atoms with Gasteiger partial charge in [-0.2, -0.15) is 0 Å². The number of amides is 4. The Morgan fingerprint density at radius 1 is 0.776 bits per heavy atom. The number of nitrogens with one attached hydrogen (secondary N) is 2. The Labute approximate surface area is 284 Å². The standard InChI is InChI=1S/C36H44F2N4O7/c1-4-12-42(13-5-2)36(48)26-19-24(33(39)45)18-25(20-26)35(47)41-30(17-22-15-27(37)21-28(38)16-22)32(44)31(43)29(11-14-49-3)40-34(46)23-9-7-6-8-10-23/h6-10,15-16,18-21,29-32,43-44H,4-5,11-14,17H2,1-3H3,(H2,39,45)(H,40,46)(H,41,47). The second kappa shape index (κ2) is 18.7. The van der Waals surface area contributed by atoms with Crippen LogP contribution in [0.15, 0.2) is 66.7 Å². The quantitative estimate of drug-likeness (QED) is 0.137. The summed E-state index contributed by atoms with van der Waals surface area (Å²) in [6.45, 7) is 4.78. The van der Waals surface area contributed by atoms with Crippen LogP contribution in [0.25, 0.3) is 0 Å². The summed E-state index contributed by atoms with van der Waals surface area (Å²) in [4.78, 5) is 54.0. The fourth-order valence-electron chi connectivity index (χ4n) is 5.44. The molecule has 0 fully saturated rings. The minimum atomic E-state index is -1.81. The highest BCUT2D eigenvalue weighted by atomic mass is 19.1. The molecule has 4 unspecified atom stereocenters. The molecule has 0 bridgehead atoms. The van der Waals surface area contributed by atoms with Crippen LogP contribution in [-0.4, -0.2) is 89.8 Å². The van der Waals surface area contributed by atoms with Crippen LogP contribution < -0.4 is 16.4 Å². The zero-order valence-electron chi connectivity index (χ0n) is 27.8. The number of aliphatic hydroxyl groups is 2. The molecule has 0 radical (unpaired) electrons. The van der Waals surface area contributed by atoms with E-state index < -0.39 is 59.6 Å². The van der Waals surface area contributed by atoms with E-state index in [4.69, 9.17) is 10.5 Å². The highest BCUT2D eigenvalue weighted by Gasteiger charge is 2.35. The number of carbonyl (C=O) groups excluding carboxylic acids is 4. The summed E-state index contributed by atoms with van der Waals surface area (Å²) in [6.07, 6.45) is -2.47. The van der Waals surface area contributed by atoms with Crippen molar-refractivity contribution in [1.82, 2.24) is 15.5 Å². The molecular weight excluding hydrogens is 638 g/mol. The van der Waals surface area contributed by atoms with Crippen LogP contribution in [0.3, 0.4) is 0 Å². The topological polar surface area (TPSA) is 171 Å². The number of ether oxygens (including phenoxy) is 1. The molecule has 6 N–H and O–H groups in total. The first-order valence-corrected chi connectivity index (χ1v) is 16.1. The van der Waals surface area contributed by atoms with Gasteiger partial charge in [-0.05, 0) is 73.7 Å². The van der Waals surface area contributed by atoms with E-state index in [1.165, 1.54) is 25.3 Å². The molecule has 11 nitrogen and oxygen atoms in total. The number of methoxy groups -OCH3 is 1. The molecule has 49 heavy (non-hydrogen) atoms. The molecule has 0 aliphatic heterocycles. The number of nitrogens with zero attached hydrogens (tertiary/aromatic N) is 1. The zero-order chi connectivity index (χ0) is 36.1. The summed E-state index contributed by atoms with van der Waals surface area (Å²) in [5.41, 5.74) is 5.65. The third-order valence-electron chi connectivity index (χ3n) is 7.86. The van der Waals surface area contributed by atoms with Crippen LogP contribution in [0, 0.1) is 11.6 Å². The highest BCUT2D eigenvalue weighted by molar-refractivity contribution is 6.04. The number of hydrogen-bond donors (Lipinski definition) is 5. The summed E-state index contributed by atoms with van der Waals surface area (Å²) in [5, 5.41) is 28.2. The molecule has 3 rings (SSSR count). The number of carbonyl (C=O) groups is 4. The number of nitrogens with two attached hydrogens (primary N) is 1. The van der Waals surface area contributed by atoms with Gasteiger partial charge in [-0.15, -0.1) is 0 Å². The first-order valence-electron chi connectivity index (χ1n) is 16.1. The van der Waals surface area contributed by atoms with Crippen molar-refractivity contribution in [3.63, 3.8) is 0 Å². The van der Waals surface area contributed by atoms with Crippen molar-refractivity contribution in [2.75, 3.05) is 26.8 Å². The lowest BCUT2D eigenvalue weighted by atomic mass is 9.92. The molecule has 3 aromatic rings. The number of hydrogen-bond acceptors (Lipinski definition) is 7. The second-order valence-electron chi connectivity index (χ2n) is 11.7. The minimum absolute atomic E-state index is 0.0379. The Bertz CT molecular complexity index is 1560. The summed E-state index contributed by atoms with van der Waals surface area (Å²) in [7, 11) is 1.42. The SMILES string of the molecule is CCCN(CCC)C(=O)c1cc(C(N)=O)cc(C(=O)NC(Cc2cc(F)cc(F)c2)C(O)C(O)C(CCOC)NC(=O)c2ccccc2)c1. The van der Waals surface area contributed by atoms with E-state index in [9.17, 15) is 38.2 Å². The summed E-state index contributed by atoms with van der Waals surface area (Å²) >= 11 is 0. The lowest BCUT2D eigenvalue weighted by Crippen LogP contribution is -2.57. The van der Waals surface area contributed by atoms with Crippen molar-refractivity contribution >= 4 is 23.6 Å². The number of halogens is 2. The number of benzene rings is 3. The second-order valence-corrected chi connectivity index (χ2v) is 11.7. The van der Waals surface area contributed by atoms with Gasteiger partial charge in [-0.1, -0.05) is 32.0 Å². The van der Waals surface area contributed by atoms with Gasteiger partial charge >= 0.3 is 0 Å². The Morgan fingerprint density at radius 3 is 1.88 bits per heavy atom. The molecule has 0 aliphatic carbocycles. The molecule has 4 amide bonds. The van der Waals surface area contributed by atoms with E-state index >= 15 is 0 Å². The van der Waals surface area contributed by atoms with Gasteiger partial charge in [0, 0.05) is 55.1 Å². The smallest absolute Gasteiger partial charge is 0.253 e. The van der Waals surface area contributed by atoms with Crippen LogP contribution >= 0.6 is 0 Å². The van der Waals surface area contributed by atoms with Crippen molar-refractivity contribution in [3.8, 4) is 0 Å². The van der Waals surface area contributed by atoms with Gasteiger partial charge in [0.1, 0.15) is 23.8 Å². The maximum atomic E-state index is 14.2. The molecule has 0 saturated heterocycles. The lowest BCUT2D eigenvalue weighted by Gasteiger charge is -2.33. The van der Waals surface area contributed by atoms with Crippen LogP contribution in [0.4, 0.5) is 8.78 Å². The molecule has 0 spiro atoms. The fourth-order valence-corrected chi connectivity index (χ4v) is 5.44. The number of aliphatic hydroxyl groups excluding tert-OH is 2. The van der Waals surface area contributed by atoms with Crippen LogP contribution in [-0.2, 0) is 11.2 Å². The van der Waals surface area contributed by atoms with Gasteiger partial charge in [0.05, 0.1) is 12.1 Å². The maximum absolute atomic E-state index is 14.2. The van der Waals surface area contributed by atoms with Crippen molar-refractivity contribution in [2.24, 2.45) is 5.73 Å². The van der Waals surface area contributed by atoms with Gasteiger partial charge < -0.3 is 36.2 Å². The van der Waals surface area contributed by atoms with Gasteiger partial charge in [-0.25, -0.2) is 8.78 Å². The monoisotopic (exact) mass is 682 g/mol. The van der Waals surface area contributed by atoms with E-state index in [0.717, 1.165) is 12.1 Å². The summed E-state index contributed by atoms with van der Waals surface area (Å²) < 4.78 is 33.5. The molecule has 0 heterocycles. The molecule has 0 aromatic heterocycles. The minimum Gasteiger partial charge on any atom is -0.388 e. The predicted molar refractivity (Wildman–Crippen MR) is 179 cm³/mol. The molecule has 0 saturated carbocycles. The maximum Gasteiger partial charge on any atom is 0.253 e. The van der Waals surface area contributed by atoms with E-state index in [0.29, 0.717) is 37.6 Å². The average molecular weight is 683 g/mol. The Kier molecular flexibility index (Phi) is 14.8. The van der Waals surface area contributed by atoms with E-state index in [1.54, 1.807) is 35.2 Å². The van der Waals surface area contributed by atoms with E-state index in [2.05, 4.69) is 10.6 Å². The highest BCUT2D eigenvalue weighted by Crippen LogP contribution is 2.19. The molecule has 13 heteroatoms. The molecular formula is C36H44F2N4O7. The Morgan fingerprint density at radius 2 is 1.31 bits per heavy atom. The molecule has 264 valence electrons. The van der Waals surface area contributed by atoms with Gasteiger partial charge in [-0.3, -0.25) is 19.2 Å². The largest absolute Gasteiger partial charge is 0.388 e. The van der Waals surface area contributed by atoms with Crippen molar-refractivity contribution in [2.45, 2.75) is 63.8 Å². The average Bonchev–Trinajstić information content (AvgIpc) is 3.08. The van der Waals surface area contributed by atoms with E-state index in [1.807, 2.05) is 13.8 Å². The summed E-state index contributed by atoms with van der Waals surface area (Å²) in [5.74, 6) is -4.52. The van der Waals surface area contributed by atoms with Crippen LogP contribution in [0.2, 0.25) is 0 Å². The van der Waals surface area contributed by atoms with Crippen molar-refractivity contribution in [1.29, 1.82) is 0 Å². The first-order chi connectivity index (χ1) is 23.4. The Balaban J connectivity index is 2.00. The summed E-state index contributed by atoms with van der Waals surface area (Å²) in [6, 6.07) is 12.1. The molecule has 0 aliphatic rings. The predicted octanol–water partition coefficient (Wildman–Crippen LogP) is 3.22. The van der Waals surface area contributed by atoms with E-state index in [-0.39, 0.29) is 41.7 Å². The van der Waals surface area contributed by atoms with Crippen LogP contribution in [0.5, 0.6) is 0 Å².